The monoisotopic (exact) mass is 422 g/mol. The smallest absolute Gasteiger partial charge is 0.161 e. The zero-order chi connectivity index (χ0) is 22.6. The second kappa shape index (κ2) is 6.38. The van der Waals surface area contributed by atoms with Crippen molar-refractivity contribution < 1.29 is 4.79 Å². The van der Waals surface area contributed by atoms with Crippen LogP contribution in [0, 0.1) is 56.7 Å². The highest BCUT2D eigenvalue weighted by Gasteiger charge is 2.69. The first-order chi connectivity index (χ1) is 14.3. The van der Waals surface area contributed by atoms with Crippen LogP contribution in [0.5, 0.6) is 0 Å². The van der Waals surface area contributed by atoms with Gasteiger partial charge in [0.2, 0.25) is 0 Å². The van der Waals surface area contributed by atoms with Crippen LogP contribution in [0.1, 0.15) is 99.8 Å². The third kappa shape index (κ3) is 2.53. The van der Waals surface area contributed by atoms with Gasteiger partial charge < -0.3 is 0 Å². The number of rotatable bonds is 1. The number of fused-ring (bicyclic) bond motifs is 7. The van der Waals surface area contributed by atoms with E-state index in [9.17, 15) is 4.79 Å². The van der Waals surface area contributed by atoms with Crippen molar-refractivity contribution in [3.8, 4) is 0 Å². The Morgan fingerprint density at radius 2 is 1.58 bits per heavy atom. The Morgan fingerprint density at radius 3 is 2.26 bits per heavy atom. The molecule has 0 aromatic rings. The molecule has 0 saturated heterocycles. The number of hydrogen-bond acceptors (Lipinski definition) is 1. The van der Waals surface area contributed by atoms with Gasteiger partial charge in [-0.2, -0.15) is 0 Å². The minimum Gasteiger partial charge on any atom is -0.294 e. The highest BCUT2D eigenvalue weighted by atomic mass is 16.1. The number of ketones is 1. The van der Waals surface area contributed by atoms with Gasteiger partial charge in [0, 0.05) is 5.41 Å². The molecule has 0 N–H and O–H groups in total. The average Bonchev–Trinajstić information content (AvgIpc) is 3.04. The minimum atomic E-state index is -0.218. The number of carbonyl (C=O) groups is 1. The van der Waals surface area contributed by atoms with Crippen LogP contribution >= 0.6 is 0 Å². The van der Waals surface area contributed by atoms with Gasteiger partial charge in [-0.15, -0.1) is 0 Å². The van der Waals surface area contributed by atoms with Crippen LogP contribution in [0.3, 0.4) is 0 Å². The normalized spacial score (nSPS) is 55.1. The summed E-state index contributed by atoms with van der Waals surface area (Å²) in [4.78, 5) is 12.8. The molecule has 0 radical (unpaired) electrons. The van der Waals surface area contributed by atoms with Crippen molar-refractivity contribution in [3.05, 3.63) is 24.3 Å². The fourth-order valence-electron chi connectivity index (χ4n) is 10.8. The maximum atomic E-state index is 12.8. The summed E-state index contributed by atoms with van der Waals surface area (Å²) in [5, 5.41) is 0. The number of carbonyl (C=O) groups excluding carboxylic acids is 1. The van der Waals surface area contributed by atoms with E-state index in [4.69, 9.17) is 0 Å². The van der Waals surface area contributed by atoms with Crippen LogP contribution in [-0.2, 0) is 4.79 Å². The van der Waals surface area contributed by atoms with E-state index in [1.54, 1.807) is 0 Å². The molecule has 5 aliphatic carbocycles. The molecular weight excluding hydrogens is 376 g/mol. The molecule has 0 amide bonds. The molecule has 1 heteroatoms. The molecule has 0 aromatic carbocycles. The van der Waals surface area contributed by atoms with Gasteiger partial charge in [-0.05, 0) is 116 Å². The second-order valence-electron chi connectivity index (χ2n) is 14.1. The summed E-state index contributed by atoms with van der Waals surface area (Å²) >= 11 is 0. The van der Waals surface area contributed by atoms with E-state index in [0.717, 1.165) is 17.8 Å². The Bertz CT molecular complexity index is 848. The fourth-order valence-corrected chi connectivity index (χ4v) is 10.8. The highest BCUT2D eigenvalue weighted by Crippen LogP contribution is 2.76. The van der Waals surface area contributed by atoms with E-state index in [1.165, 1.54) is 56.9 Å². The summed E-state index contributed by atoms with van der Waals surface area (Å²) in [5.41, 5.74) is 2.68. The van der Waals surface area contributed by atoms with Gasteiger partial charge in [0.15, 0.2) is 5.78 Å². The van der Waals surface area contributed by atoms with Gasteiger partial charge in [-0.3, -0.25) is 4.79 Å². The zero-order valence-corrected chi connectivity index (χ0v) is 21.3. The van der Waals surface area contributed by atoms with Crippen molar-refractivity contribution >= 4 is 5.78 Å². The SMILES string of the molecule is C=C(C)[C@@H]1CC[C@]2(C)CC[C@]3(C)[C@H](CC[C@H]4[C@@]5(C)C=CC(=O)C(C)(C)[C@@H]5CC[C@]43C)[C@H]12. The molecule has 0 heterocycles. The van der Waals surface area contributed by atoms with E-state index in [1.807, 2.05) is 6.08 Å². The van der Waals surface area contributed by atoms with Gasteiger partial charge >= 0.3 is 0 Å². The van der Waals surface area contributed by atoms with Gasteiger partial charge in [0.1, 0.15) is 0 Å². The summed E-state index contributed by atoms with van der Waals surface area (Å²) in [6.45, 7) is 21.7. The van der Waals surface area contributed by atoms with Crippen LogP contribution in [0.4, 0.5) is 0 Å². The van der Waals surface area contributed by atoms with Crippen LogP contribution < -0.4 is 0 Å². The molecule has 0 aliphatic heterocycles. The molecule has 5 rings (SSSR count). The summed E-state index contributed by atoms with van der Waals surface area (Å²) in [5.74, 6) is 3.91. The van der Waals surface area contributed by atoms with Crippen molar-refractivity contribution in [2.45, 2.75) is 99.8 Å². The second-order valence-corrected chi connectivity index (χ2v) is 14.1. The van der Waals surface area contributed by atoms with E-state index in [-0.39, 0.29) is 10.8 Å². The number of allylic oxidation sites excluding steroid dienone is 3. The summed E-state index contributed by atoms with van der Waals surface area (Å²) in [6.07, 6.45) is 15.1. The third-order valence-electron chi connectivity index (χ3n) is 12.8. The summed E-state index contributed by atoms with van der Waals surface area (Å²) in [7, 11) is 0. The lowest BCUT2D eigenvalue weighted by Gasteiger charge is -2.71. The molecule has 1 nitrogen and oxygen atoms in total. The maximum Gasteiger partial charge on any atom is 0.161 e. The van der Waals surface area contributed by atoms with Crippen molar-refractivity contribution in [1.29, 1.82) is 0 Å². The Balaban J connectivity index is 1.57. The van der Waals surface area contributed by atoms with Crippen LogP contribution in [0.15, 0.2) is 24.3 Å². The van der Waals surface area contributed by atoms with Gasteiger partial charge in [-0.25, -0.2) is 0 Å². The quantitative estimate of drug-likeness (QED) is 0.391. The van der Waals surface area contributed by atoms with Crippen molar-refractivity contribution in [1.82, 2.24) is 0 Å². The topological polar surface area (TPSA) is 17.1 Å². The zero-order valence-electron chi connectivity index (χ0n) is 21.3. The lowest BCUT2D eigenvalue weighted by molar-refractivity contribution is -0.216. The van der Waals surface area contributed by atoms with Gasteiger partial charge in [0.25, 0.3) is 0 Å². The number of hydrogen-bond donors (Lipinski definition) is 0. The molecule has 172 valence electrons. The minimum absolute atomic E-state index is 0.155. The molecule has 9 atom stereocenters. The Labute approximate surface area is 191 Å². The first-order valence-electron chi connectivity index (χ1n) is 13.2. The fraction of sp³-hybridized carbons (Fsp3) is 0.833. The standard InChI is InChI=1S/C30H46O/c1-19(2)20-11-14-27(5)17-18-29(7)21(25(20)27)9-10-23-28(6)15-13-24(31)26(3,4)22(28)12-16-30(23,29)8/h13,15,20-23,25H,1,9-12,14,16-18H2,2-8H3/t20-,21+,22-,23-,25-,27+,28-,29+,30+/m0/s1. The van der Waals surface area contributed by atoms with Crippen molar-refractivity contribution in [2.24, 2.45) is 56.7 Å². The van der Waals surface area contributed by atoms with Crippen molar-refractivity contribution in [2.75, 3.05) is 0 Å². The maximum absolute atomic E-state index is 12.8. The highest BCUT2D eigenvalue weighted by molar-refractivity contribution is 5.95. The van der Waals surface area contributed by atoms with Gasteiger partial charge in [-0.1, -0.05) is 59.8 Å². The molecular formula is C30H46O. The van der Waals surface area contributed by atoms with E-state index in [2.05, 4.69) is 61.1 Å². The lowest BCUT2D eigenvalue weighted by Crippen LogP contribution is -2.65. The van der Waals surface area contributed by atoms with Crippen LogP contribution in [0.2, 0.25) is 0 Å². The van der Waals surface area contributed by atoms with E-state index >= 15 is 0 Å². The molecule has 4 saturated carbocycles. The predicted molar refractivity (Wildman–Crippen MR) is 130 cm³/mol. The first kappa shape index (κ1) is 22.0. The van der Waals surface area contributed by atoms with Crippen LogP contribution in [-0.4, -0.2) is 5.78 Å². The third-order valence-corrected chi connectivity index (χ3v) is 12.8. The Kier molecular flexibility index (Phi) is 4.52. The molecule has 0 bridgehead atoms. The first-order valence-corrected chi connectivity index (χ1v) is 13.2. The summed E-state index contributed by atoms with van der Waals surface area (Å²) in [6, 6.07) is 0. The average molecular weight is 423 g/mol. The molecule has 4 fully saturated rings. The summed E-state index contributed by atoms with van der Waals surface area (Å²) < 4.78 is 0. The predicted octanol–water partition coefficient (Wildman–Crippen LogP) is 8.01. The lowest BCUT2D eigenvalue weighted by atomic mass is 9.33. The molecule has 0 spiro atoms. The molecule has 5 aliphatic rings. The van der Waals surface area contributed by atoms with E-state index < -0.39 is 0 Å². The Hall–Kier alpha value is -0.850. The van der Waals surface area contributed by atoms with Crippen LogP contribution in [0.25, 0.3) is 0 Å². The molecule has 31 heavy (non-hydrogen) atoms. The van der Waals surface area contributed by atoms with Gasteiger partial charge in [0.05, 0.1) is 0 Å². The molecule has 0 aromatic heterocycles. The van der Waals surface area contributed by atoms with E-state index in [0.29, 0.717) is 33.9 Å². The Morgan fingerprint density at radius 1 is 0.871 bits per heavy atom. The van der Waals surface area contributed by atoms with Crippen molar-refractivity contribution in [3.63, 3.8) is 0 Å². The molecule has 0 unspecified atom stereocenters. The largest absolute Gasteiger partial charge is 0.294 e.